The van der Waals surface area contributed by atoms with Gasteiger partial charge < -0.3 is 116 Å². The van der Waals surface area contributed by atoms with E-state index in [0.29, 0.717) is 52.2 Å². The van der Waals surface area contributed by atoms with Crippen LogP contribution >= 0.6 is 11.8 Å². The number of H-pyrrole nitrogens is 1. The minimum Gasteiger partial charge on any atom is -0.481 e. The molecule has 41 nitrogen and oxygen atoms in total. The highest BCUT2D eigenvalue weighted by Crippen LogP contribution is 2.30. The number of nitrogens with one attached hydrogen (secondary N) is 14. The highest BCUT2D eigenvalue weighted by Gasteiger charge is 2.45. The Hall–Kier alpha value is -13.8. The van der Waals surface area contributed by atoms with Crippen molar-refractivity contribution in [2.75, 3.05) is 44.8 Å². The molecule has 23 N–H and O–H groups in total. The van der Waals surface area contributed by atoms with Crippen molar-refractivity contribution in [2.45, 2.75) is 247 Å². The number of aliphatic carboxylic acids is 1. The summed E-state index contributed by atoms with van der Waals surface area (Å²) in [5, 5.41) is 77.7. The van der Waals surface area contributed by atoms with E-state index < -0.39 is 240 Å². The highest BCUT2D eigenvalue weighted by atomic mass is 32.2. The molecule has 3 fully saturated rings. The van der Waals surface area contributed by atoms with E-state index in [-0.39, 0.29) is 94.5 Å². The smallest absolute Gasteiger partial charge is 0.305 e. The van der Waals surface area contributed by atoms with Crippen molar-refractivity contribution < 1.29 is 96.8 Å². The number of nitriles is 1. The molecule has 0 radical (unpaired) electrons. The summed E-state index contributed by atoms with van der Waals surface area (Å²) in [5.74, 6) is -20.3. The molecule has 3 aliphatic rings. The van der Waals surface area contributed by atoms with Crippen molar-refractivity contribution in [3.8, 4) is 17.2 Å². The molecule has 4 aromatic carbocycles. The van der Waals surface area contributed by atoms with Crippen LogP contribution in [0.5, 0.6) is 0 Å². The average Bonchev–Trinajstić information content (AvgIpc) is 1.44. The number of aromatic amines is 1. The van der Waals surface area contributed by atoms with Gasteiger partial charge in [0.25, 0.3) is 0 Å². The zero-order chi connectivity index (χ0) is 102. The summed E-state index contributed by atoms with van der Waals surface area (Å²) in [4.78, 5) is 260. The summed E-state index contributed by atoms with van der Waals surface area (Å²) >= 11 is 0.672. The number of pyridine rings is 1. The van der Waals surface area contributed by atoms with Gasteiger partial charge in [-0.15, -0.1) is 11.8 Å². The zero-order valence-corrected chi connectivity index (χ0v) is 80.7. The van der Waals surface area contributed by atoms with Crippen LogP contribution in [-0.4, -0.2) is 277 Å². The number of thioether (sulfide) groups is 1. The number of nitrogens with zero attached hydrogens (tertiary/aromatic N) is 4. The molecule has 1 aliphatic carbocycles. The van der Waals surface area contributed by atoms with E-state index in [9.17, 15) is 68.5 Å². The molecule has 16 amide bonds. The largest absolute Gasteiger partial charge is 0.481 e. The van der Waals surface area contributed by atoms with Gasteiger partial charge in [0.2, 0.25) is 94.5 Å². The first-order chi connectivity index (χ1) is 66.7. The molecule has 42 heteroatoms. The second-order valence-corrected chi connectivity index (χ2v) is 38.0. The van der Waals surface area contributed by atoms with Crippen LogP contribution in [-0.2, 0) is 107 Å². The van der Waals surface area contributed by atoms with Crippen molar-refractivity contribution in [1.82, 2.24) is 88.9 Å². The Balaban J connectivity index is 1.11. The van der Waals surface area contributed by atoms with E-state index in [4.69, 9.17) is 17.2 Å². The van der Waals surface area contributed by atoms with Crippen LogP contribution in [0, 0.1) is 29.1 Å². The number of hydrogen-bond acceptors (Lipinski definition) is 24. The summed E-state index contributed by atoms with van der Waals surface area (Å²) < 4.78 is 0. The van der Waals surface area contributed by atoms with E-state index in [2.05, 4.69) is 79.1 Å². The first-order valence-corrected chi connectivity index (χ1v) is 48.2. The van der Waals surface area contributed by atoms with Crippen LogP contribution < -0.4 is 86.3 Å². The third-order valence-corrected chi connectivity index (χ3v) is 25.9. The second-order valence-electron chi connectivity index (χ2n) is 37.0. The molecule has 2 saturated heterocycles. The molecule has 1 saturated carbocycles. The maximum Gasteiger partial charge on any atom is 0.305 e. The Morgan fingerprint density at radius 3 is 1.72 bits per heavy atom. The molecule has 0 bridgehead atoms. The van der Waals surface area contributed by atoms with Crippen LogP contribution in [0.15, 0.2) is 134 Å². The Morgan fingerprint density at radius 1 is 0.571 bits per heavy atom. The number of fused-ring (bicyclic) bond motifs is 2. The van der Waals surface area contributed by atoms with Crippen LogP contribution in [0.3, 0.4) is 0 Å². The van der Waals surface area contributed by atoms with Gasteiger partial charge in [0.1, 0.15) is 90.6 Å². The number of carbonyl (C=O) groups is 17. The first-order valence-electron chi connectivity index (χ1n) is 47.1. The van der Waals surface area contributed by atoms with E-state index in [1.807, 2.05) is 48.5 Å². The number of nitrogens with two attached hydrogens (primary N) is 3. The maximum atomic E-state index is 15.5. The SMILES string of the molecule is CC(C)C[C@@H]1NC(=O)[C@H](Cc2c[nH]c3ccccc23)NC(=O)[C@H](CC(=O)O)NC(=O)[C@H](Cc2cccc(C#N)c2)NC(=O)[C@H](Cc2ccncc2)NC(=O)CSC[C@@H](C(=O)N[C@@H](CCN)C(N)=O)NC(=O)[C@H](CO)NC(=O)[C@H](C(C)(C)O)NC(=O)[C@H](CC2CCCCC2)NC(=O)[C@H](CCN)NC(=O)[C@H]2CCCN2C(=O)[C@H](C)N(C)C(=O)[C@H](C(C)C)NC(=O)[C@H](Cc2ccc(-c3ccccc3)cc2)NC1=O. The monoisotopic (exact) mass is 1950 g/mol. The van der Waals surface area contributed by atoms with Gasteiger partial charge in [-0.2, -0.15) is 5.26 Å². The Morgan fingerprint density at radius 2 is 1.11 bits per heavy atom. The molecule has 0 unspecified atom stereocenters. The lowest BCUT2D eigenvalue weighted by atomic mass is 9.84. The predicted molar refractivity (Wildman–Crippen MR) is 517 cm³/mol. The molecule has 140 heavy (non-hydrogen) atoms. The number of amides is 16. The number of aromatic nitrogens is 2. The molecule has 2 aromatic heterocycles. The minimum absolute atomic E-state index is 0.0115. The third-order valence-electron chi connectivity index (χ3n) is 24.9. The summed E-state index contributed by atoms with van der Waals surface area (Å²) in [6, 6.07) is 9.81. The van der Waals surface area contributed by atoms with Gasteiger partial charge >= 0.3 is 5.97 Å². The number of aliphatic hydroxyl groups excluding tert-OH is 1. The topological polar surface area (TPSA) is 644 Å². The van der Waals surface area contributed by atoms with Gasteiger partial charge in [0, 0.05) is 74.5 Å². The lowest BCUT2D eigenvalue weighted by molar-refractivity contribution is -0.148. The van der Waals surface area contributed by atoms with Crippen molar-refractivity contribution in [3.63, 3.8) is 0 Å². The van der Waals surface area contributed by atoms with E-state index in [1.165, 1.54) is 67.7 Å². The van der Waals surface area contributed by atoms with Gasteiger partial charge in [0.15, 0.2) is 0 Å². The van der Waals surface area contributed by atoms with Crippen molar-refractivity contribution >= 4 is 123 Å². The van der Waals surface area contributed by atoms with Gasteiger partial charge in [0.05, 0.1) is 36.0 Å². The fourth-order valence-corrected chi connectivity index (χ4v) is 17.9. The maximum absolute atomic E-state index is 15.5. The number of benzene rings is 4. The molecule has 15 atom stereocenters. The van der Waals surface area contributed by atoms with E-state index in [0.717, 1.165) is 49.1 Å². The molecule has 0 spiro atoms. The highest BCUT2D eigenvalue weighted by molar-refractivity contribution is 8.00. The first kappa shape index (κ1) is 110. The lowest BCUT2D eigenvalue weighted by Gasteiger charge is -2.35. The standard InChI is InChI=1S/C98H131N21O20S/c1-54(2)41-69-85(126)110-71(44-58-28-30-63(31-29-58)62-23-13-10-14-24-62)90(131)116-81(55(3)4)97(138)118(8)56(5)96(137)119-40-18-27-78(119)94(135)107-68(33-37-100)84(125)109-72(43-57-19-11-9-12-20-57)91(132)117-82(98(6,7)139)95(136)114-76(51-120)92(133)115-77(93(134)106-67(32-36-99)83(102)124)52-140-53-79(121)105-70(45-59-34-38-103-39-35-59)86(127)111-73(46-60-21-17-22-61(42-60)49-101)87(128)113-75(48-80(122)123)89(130)112-74(88(129)108-69)47-64-50-104-66-26-16-15-25-65(64)66/h10,13-17,21-26,28-31,34-35,38-39,42,50,54-57,67-78,81-82,104,120,139H,9,11-12,18-20,27,32-33,36-37,40-41,43-48,51-53,99-100H2,1-8H3,(H2,102,124)(H,105,121)(H,106,134)(H,107,135)(H,108,129)(H,109,125)(H,110,126)(H,111,127)(H,112,130)(H,113,128)(H,114,136)(H,115,133)(H,116,131)(H,117,132)(H,122,123)/t56-,67-,68-,69-,70-,71-,72-,73-,74-,75-,76-,77-,78+,81-,82+/m0/s1. The normalized spacial score (nSPS) is 24.2. The fourth-order valence-electron chi connectivity index (χ4n) is 17.1. The number of aliphatic hydroxyl groups is 2. The Kier molecular flexibility index (Phi) is 41.5. The van der Waals surface area contributed by atoms with Crippen LogP contribution in [0.25, 0.3) is 22.0 Å². The van der Waals surface area contributed by atoms with Crippen molar-refractivity contribution in [3.05, 3.63) is 162 Å². The van der Waals surface area contributed by atoms with Gasteiger partial charge in [-0.05, 0) is 154 Å². The summed E-state index contributed by atoms with van der Waals surface area (Å²) in [7, 11) is 1.34. The average molecular weight is 1960 g/mol. The van der Waals surface area contributed by atoms with Crippen LogP contribution in [0.4, 0.5) is 0 Å². The molecule has 6 aromatic rings. The van der Waals surface area contributed by atoms with Gasteiger partial charge in [-0.25, -0.2) is 0 Å². The molecular formula is C98H131N21O20S. The number of rotatable bonds is 25. The summed E-state index contributed by atoms with van der Waals surface area (Å²) in [6.07, 6.45) is 5.27. The molecule has 9 rings (SSSR count). The van der Waals surface area contributed by atoms with Gasteiger partial charge in [-0.1, -0.05) is 145 Å². The lowest BCUT2D eigenvalue weighted by Crippen LogP contribution is -2.64. The number of primary amides is 1. The van der Waals surface area contributed by atoms with Crippen LogP contribution in [0.2, 0.25) is 0 Å². The van der Waals surface area contributed by atoms with Crippen molar-refractivity contribution in [2.24, 2.45) is 35.0 Å². The fraction of sp³-hybridized carbons (Fsp3) is 0.500. The van der Waals surface area contributed by atoms with Crippen molar-refractivity contribution in [1.29, 1.82) is 5.26 Å². The van der Waals surface area contributed by atoms with Crippen LogP contribution in [0.1, 0.15) is 153 Å². The molecule has 2 aliphatic heterocycles. The number of carboxylic acid groups (broad SMARTS) is 1. The Bertz CT molecular complexity index is 5400. The number of likely N-dealkylation sites (N-methyl/N-ethyl adjacent to an activating group) is 1. The number of para-hydroxylation sites is 1. The number of carboxylic acids is 1. The molecular weight excluding hydrogens is 1820 g/mol. The third kappa shape index (κ3) is 32.2. The van der Waals surface area contributed by atoms with E-state index >= 15 is 33.6 Å². The quantitative estimate of drug-likeness (QED) is 0.0339. The Labute approximate surface area is 816 Å². The van der Waals surface area contributed by atoms with Gasteiger partial charge in [-0.3, -0.25) is 86.5 Å². The minimum atomic E-state index is -2.21. The zero-order valence-electron chi connectivity index (χ0n) is 79.9. The number of hydrogen-bond donors (Lipinski definition) is 20. The predicted octanol–water partition coefficient (Wildman–Crippen LogP) is -0.647. The summed E-state index contributed by atoms with van der Waals surface area (Å²) in [5.41, 5.74) is 19.3. The van der Waals surface area contributed by atoms with E-state index in [1.54, 1.807) is 70.3 Å². The molecule has 4 heterocycles. The molecule has 754 valence electrons. The second kappa shape index (κ2) is 52.9. The summed E-state index contributed by atoms with van der Waals surface area (Å²) in [6.45, 7) is 8.93. The number of carbonyl (C=O) groups excluding carboxylic acids is 16.